The smallest absolute Gasteiger partial charge is 0.319 e. The monoisotopic (exact) mass is 614 g/mol. The zero-order valence-electron chi connectivity index (χ0n) is 25.1. The maximum absolute atomic E-state index is 14.1. The first-order valence-electron chi connectivity index (χ1n) is 15.2. The molecule has 5 aromatic rings. The number of carbonyl (C=O) groups excluding carboxylic acids is 3. The number of nitrogens with one attached hydrogen (secondary N) is 4. The number of anilines is 2. The standard InChI is InChI=1S/C35H34N8O3/c44-31(22-36-35(46)37-29-16-9-15-28(21-29)33(45)38-34-39-41-42-40-34)43(23-25-12-5-2-6-13-25)32-27(20-24-10-3-1-4-11-24)19-18-26-14-7-8-17-30(26)32/h1-17,21,27,32H,18-20,22-23H2,(H2,36,37,46)(H2,38,39,40,41,42,45). The first-order chi connectivity index (χ1) is 22.5. The number of fused-ring (bicyclic) bond motifs is 1. The van der Waals surface area contributed by atoms with Crippen molar-refractivity contribution < 1.29 is 14.4 Å². The molecule has 0 radical (unpaired) electrons. The highest BCUT2D eigenvalue weighted by Crippen LogP contribution is 2.41. The maximum Gasteiger partial charge on any atom is 0.319 e. The molecule has 232 valence electrons. The number of rotatable bonds is 10. The number of H-pyrrole nitrogens is 1. The van der Waals surface area contributed by atoms with E-state index in [9.17, 15) is 14.4 Å². The van der Waals surface area contributed by atoms with Gasteiger partial charge in [-0.05, 0) is 76.1 Å². The summed E-state index contributed by atoms with van der Waals surface area (Å²) in [5.41, 5.74) is 5.32. The molecule has 11 nitrogen and oxygen atoms in total. The molecule has 1 heterocycles. The number of hydrogen-bond acceptors (Lipinski definition) is 6. The van der Waals surface area contributed by atoms with Gasteiger partial charge in [-0.25, -0.2) is 9.89 Å². The van der Waals surface area contributed by atoms with Gasteiger partial charge in [0.2, 0.25) is 11.9 Å². The summed E-state index contributed by atoms with van der Waals surface area (Å²) in [7, 11) is 0. The van der Waals surface area contributed by atoms with Crippen molar-refractivity contribution in [1.29, 1.82) is 0 Å². The number of nitrogens with zero attached hydrogens (tertiary/aromatic N) is 4. The lowest BCUT2D eigenvalue weighted by Crippen LogP contribution is -2.46. The number of aromatic amines is 1. The number of hydrogen-bond donors (Lipinski definition) is 4. The molecule has 1 aliphatic rings. The molecule has 2 unspecified atom stereocenters. The molecule has 46 heavy (non-hydrogen) atoms. The van der Waals surface area contributed by atoms with Crippen LogP contribution < -0.4 is 16.0 Å². The van der Waals surface area contributed by atoms with Gasteiger partial charge >= 0.3 is 6.03 Å². The summed E-state index contributed by atoms with van der Waals surface area (Å²) < 4.78 is 0. The third-order valence-electron chi connectivity index (χ3n) is 8.16. The fourth-order valence-electron chi connectivity index (χ4n) is 6.04. The van der Waals surface area contributed by atoms with Crippen LogP contribution in [0.1, 0.15) is 45.1 Å². The summed E-state index contributed by atoms with van der Waals surface area (Å²) in [6.07, 6.45) is 2.73. The molecule has 4 N–H and O–H groups in total. The second-order valence-electron chi connectivity index (χ2n) is 11.2. The van der Waals surface area contributed by atoms with E-state index in [1.807, 2.05) is 65.6 Å². The van der Waals surface area contributed by atoms with Crippen LogP contribution in [0.4, 0.5) is 16.4 Å². The van der Waals surface area contributed by atoms with E-state index in [1.165, 1.54) is 17.2 Å². The average molecular weight is 615 g/mol. The average Bonchev–Trinajstić information content (AvgIpc) is 3.60. The number of benzene rings is 4. The topological polar surface area (TPSA) is 145 Å². The Morgan fingerprint density at radius 1 is 0.826 bits per heavy atom. The summed E-state index contributed by atoms with van der Waals surface area (Å²) >= 11 is 0. The van der Waals surface area contributed by atoms with E-state index in [1.54, 1.807) is 18.2 Å². The van der Waals surface area contributed by atoms with E-state index in [2.05, 4.69) is 60.8 Å². The van der Waals surface area contributed by atoms with Crippen LogP contribution in [-0.2, 0) is 24.2 Å². The molecule has 11 heteroatoms. The van der Waals surface area contributed by atoms with Crippen LogP contribution in [0.5, 0.6) is 0 Å². The fourth-order valence-corrected chi connectivity index (χ4v) is 6.04. The highest BCUT2D eigenvalue weighted by molar-refractivity contribution is 6.04. The normalized spacial score (nSPS) is 15.3. The van der Waals surface area contributed by atoms with Gasteiger partial charge in [0.25, 0.3) is 5.91 Å². The van der Waals surface area contributed by atoms with Gasteiger partial charge in [-0.3, -0.25) is 14.9 Å². The largest absolute Gasteiger partial charge is 0.329 e. The molecule has 2 atom stereocenters. The summed E-state index contributed by atoms with van der Waals surface area (Å²) in [4.78, 5) is 41.6. The minimum atomic E-state index is -0.560. The van der Waals surface area contributed by atoms with E-state index in [0.717, 1.165) is 30.4 Å². The first-order valence-corrected chi connectivity index (χ1v) is 15.2. The molecule has 0 spiro atoms. The molecule has 4 aromatic carbocycles. The van der Waals surface area contributed by atoms with Crippen molar-refractivity contribution in [2.45, 2.75) is 31.8 Å². The van der Waals surface area contributed by atoms with E-state index in [0.29, 0.717) is 17.8 Å². The Morgan fingerprint density at radius 3 is 2.33 bits per heavy atom. The third kappa shape index (κ3) is 7.44. The molecule has 0 saturated heterocycles. The molecule has 6 rings (SSSR count). The number of urea groups is 1. The Hall–Kier alpha value is -5.84. The van der Waals surface area contributed by atoms with Gasteiger partial charge in [0, 0.05) is 17.8 Å². The summed E-state index contributed by atoms with van der Waals surface area (Å²) in [6.45, 7) is 0.208. The van der Waals surface area contributed by atoms with Crippen molar-refractivity contribution in [1.82, 2.24) is 30.8 Å². The lowest BCUT2D eigenvalue weighted by Gasteiger charge is -2.42. The zero-order chi connectivity index (χ0) is 31.7. The minimum Gasteiger partial charge on any atom is -0.329 e. The van der Waals surface area contributed by atoms with Crippen LogP contribution in [0.25, 0.3) is 0 Å². The van der Waals surface area contributed by atoms with Crippen molar-refractivity contribution in [3.05, 3.63) is 137 Å². The van der Waals surface area contributed by atoms with Gasteiger partial charge in [0.05, 0.1) is 12.6 Å². The van der Waals surface area contributed by atoms with Crippen molar-refractivity contribution in [2.24, 2.45) is 5.92 Å². The summed E-state index contributed by atoms with van der Waals surface area (Å²) in [5.74, 6) is -0.341. The van der Waals surface area contributed by atoms with Crippen LogP contribution in [-0.4, -0.2) is 49.9 Å². The molecule has 0 saturated carbocycles. The Morgan fingerprint density at radius 2 is 1.57 bits per heavy atom. The van der Waals surface area contributed by atoms with E-state index >= 15 is 0 Å². The fraction of sp³-hybridized carbons (Fsp3) is 0.200. The Kier molecular flexibility index (Phi) is 9.38. The predicted molar refractivity (Wildman–Crippen MR) is 174 cm³/mol. The van der Waals surface area contributed by atoms with Crippen LogP contribution >= 0.6 is 0 Å². The number of amides is 4. The molecule has 4 amide bonds. The second-order valence-corrected chi connectivity index (χ2v) is 11.2. The number of carbonyl (C=O) groups is 3. The number of aryl methyl sites for hydroxylation is 1. The maximum atomic E-state index is 14.1. The molecule has 1 aromatic heterocycles. The van der Waals surface area contributed by atoms with Gasteiger partial charge in [0.15, 0.2) is 0 Å². The van der Waals surface area contributed by atoms with E-state index in [-0.39, 0.29) is 30.4 Å². The number of tetrazole rings is 1. The zero-order valence-corrected chi connectivity index (χ0v) is 25.1. The SMILES string of the molecule is O=C(NCC(=O)N(Cc1ccccc1)C1c2ccccc2CCC1Cc1ccccc1)Nc1cccc(C(=O)Nc2nnn[nH]2)c1. The third-order valence-corrected chi connectivity index (χ3v) is 8.16. The molecule has 0 fully saturated rings. The van der Waals surface area contributed by atoms with Crippen LogP contribution in [0.15, 0.2) is 109 Å². The molecular weight excluding hydrogens is 580 g/mol. The van der Waals surface area contributed by atoms with Crippen LogP contribution in [0.3, 0.4) is 0 Å². The summed E-state index contributed by atoms with van der Waals surface area (Å²) in [5, 5.41) is 21.0. The van der Waals surface area contributed by atoms with E-state index < -0.39 is 11.9 Å². The van der Waals surface area contributed by atoms with Crippen molar-refractivity contribution in [3.8, 4) is 0 Å². The number of aromatic nitrogens is 4. The van der Waals surface area contributed by atoms with Gasteiger partial charge in [-0.1, -0.05) is 96.1 Å². The Balaban J connectivity index is 1.19. The van der Waals surface area contributed by atoms with Gasteiger partial charge in [0.1, 0.15) is 0 Å². The quantitative estimate of drug-likeness (QED) is 0.171. The second kappa shape index (κ2) is 14.3. The molecular formula is C35H34N8O3. The van der Waals surface area contributed by atoms with E-state index in [4.69, 9.17) is 0 Å². The van der Waals surface area contributed by atoms with Crippen LogP contribution in [0, 0.1) is 5.92 Å². The van der Waals surface area contributed by atoms with Crippen LogP contribution in [0.2, 0.25) is 0 Å². The van der Waals surface area contributed by atoms with Crippen molar-refractivity contribution in [2.75, 3.05) is 17.2 Å². The minimum absolute atomic E-state index is 0.103. The first kappa shape index (κ1) is 30.2. The van der Waals surface area contributed by atoms with Crippen molar-refractivity contribution in [3.63, 3.8) is 0 Å². The molecule has 0 bridgehead atoms. The molecule has 1 aliphatic carbocycles. The molecule has 0 aliphatic heterocycles. The highest BCUT2D eigenvalue weighted by Gasteiger charge is 2.36. The highest BCUT2D eigenvalue weighted by atomic mass is 16.2. The Labute approximate surface area is 266 Å². The summed E-state index contributed by atoms with van der Waals surface area (Å²) in [6, 6.07) is 34.4. The lowest BCUT2D eigenvalue weighted by atomic mass is 9.76. The van der Waals surface area contributed by atoms with Gasteiger partial charge < -0.3 is 15.5 Å². The lowest BCUT2D eigenvalue weighted by molar-refractivity contribution is -0.135. The van der Waals surface area contributed by atoms with Crippen molar-refractivity contribution >= 4 is 29.5 Å². The van der Waals surface area contributed by atoms with Gasteiger partial charge in [-0.2, -0.15) is 0 Å². The van der Waals surface area contributed by atoms with Gasteiger partial charge in [-0.15, -0.1) is 0 Å². The Bertz CT molecular complexity index is 1780. The predicted octanol–water partition coefficient (Wildman–Crippen LogP) is 5.15.